The maximum Gasteiger partial charge on any atom is 0.273 e. The van der Waals surface area contributed by atoms with Gasteiger partial charge in [0.1, 0.15) is 0 Å². The molecule has 1 N–H and O–H groups in total. The Morgan fingerprint density at radius 2 is 2.33 bits per heavy atom. The second kappa shape index (κ2) is 6.73. The van der Waals surface area contributed by atoms with Crippen molar-refractivity contribution in [1.29, 1.82) is 0 Å². The van der Waals surface area contributed by atoms with Gasteiger partial charge in [-0.3, -0.25) is 14.2 Å². The fraction of sp³-hybridized carbons (Fsp3) is 0.462. The van der Waals surface area contributed by atoms with Crippen molar-refractivity contribution in [3.05, 3.63) is 34.9 Å². The summed E-state index contributed by atoms with van der Waals surface area (Å²) in [4.78, 5) is 12.3. The minimum Gasteiger partial charge on any atom is -0.382 e. The van der Waals surface area contributed by atoms with Gasteiger partial charge in [-0.25, -0.2) is 0 Å². The molecule has 0 unspecified atom stereocenters. The third kappa shape index (κ3) is 3.43. The van der Waals surface area contributed by atoms with Crippen molar-refractivity contribution >= 4 is 17.5 Å². The third-order valence-electron chi connectivity index (χ3n) is 3.11. The van der Waals surface area contributed by atoms with Gasteiger partial charge in [0.2, 0.25) is 0 Å². The Hall–Kier alpha value is -1.86. The molecule has 0 aliphatic heterocycles. The number of rotatable bonds is 6. The summed E-state index contributed by atoms with van der Waals surface area (Å²) in [7, 11) is 3.39. The van der Waals surface area contributed by atoms with E-state index >= 15 is 0 Å². The Balaban J connectivity index is 2.18. The predicted molar refractivity (Wildman–Crippen MR) is 78.2 cm³/mol. The van der Waals surface area contributed by atoms with E-state index in [9.17, 15) is 4.79 Å². The van der Waals surface area contributed by atoms with Crippen LogP contribution < -0.4 is 5.32 Å². The topological polar surface area (TPSA) is 74.0 Å². The molecule has 0 radical (unpaired) electrons. The van der Waals surface area contributed by atoms with Crippen molar-refractivity contribution in [2.75, 3.05) is 13.7 Å². The summed E-state index contributed by atoms with van der Waals surface area (Å²) in [6, 6.07) is 1.51. The van der Waals surface area contributed by atoms with Gasteiger partial charge in [-0.15, -0.1) is 0 Å². The van der Waals surface area contributed by atoms with E-state index in [0.717, 1.165) is 5.69 Å². The van der Waals surface area contributed by atoms with Crippen LogP contribution in [0.4, 0.5) is 0 Å². The first kappa shape index (κ1) is 15.5. The highest BCUT2D eigenvalue weighted by Crippen LogP contribution is 2.17. The highest BCUT2D eigenvalue weighted by molar-refractivity contribution is 6.33. The number of nitrogens with zero attached hydrogens (tertiary/aromatic N) is 4. The number of methoxy groups -OCH3 is 1. The minimum absolute atomic E-state index is 0.210. The van der Waals surface area contributed by atoms with Crippen LogP contribution in [0.3, 0.4) is 0 Å². The number of ether oxygens (including phenoxy) is 1. The van der Waals surface area contributed by atoms with Crippen LogP contribution >= 0.6 is 11.6 Å². The highest BCUT2D eigenvalue weighted by Gasteiger charge is 2.22. The van der Waals surface area contributed by atoms with E-state index in [4.69, 9.17) is 16.3 Å². The molecule has 0 spiro atoms. The van der Waals surface area contributed by atoms with E-state index in [1.807, 2.05) is 20.0 Å². The van der Waals surface area contributed by atoms with Crippen molar-refractivity contribution in [1.82, 2.24) is 24.9 Å². The second-order valence-electron chi connectivity index (χ2n) is 4.54. The van der Waals surface area contributed by atoms with Gasteiger partial charge < -0.3 is 10.1 Å². The largest absolute Gasteiger partial charge is 0.382 e. The average molecular weight is 312 g/mol. The van der Waals surface area contributed by atoms with Crippen LogP contribution in [0.15, 0.2) is 18.5 Å². The molecule has 0 saturated carbocycles. The van der Waals surface area contributed by atoms with Gasteiger partial charge >= 0.3 is 0 Å². The first-order valence-electron chi connectivity index (χ1n) is 6.57. The molecule has 2 aromatic rings. The van der Waals surface area contributed by atoms with Gasteiger partial charge in [0.25, 0.3) is 5.91 Å². The van der Waals surface area contributed by atoms with Crippen LogP contribution in [-0.2, 0) is 18.3 Å². The van der Waals surface area contributed by atoms with Gasteiger partial charge in [-0.1, -0.05) is 11.6 Å². The van der Waals surface area contributed by atoms with Crippen molar-refractivity contribution < 1.29 is 9.53 Å². The summed E-state index contributed by atoms with van der Waals surface area (Å²) in [6.07, 6.45) is 3.30. The van der Waals surface area contributed by atoms with Gasteiger partial charge in [0, 0.05) is 33.1 Å². The number of nitrogens with one attached hydrogen (secondary N) is 1. The molecule has 1 atom stereocenters. The lowest BCUT2D eigenvalue weighted by molar-refractivity contribution is 0.0886. The molecule has 2 aromatic heterocycles. The molecule has 2 heterocycles. The van der Waals surface area contributed by atoms with Crippen molar-refractivity contribution in [2.45, 2.75) is 19.5 Å². The minimum atomic E-state index is -0.338. The Kier molecular flexibility index (Phi) is 4.98. The molecule has 2 rings (SSSR count). The Labute approximate surface area is 127 Å². The molecule has 21 heavy (non-hydrogen) atoms. The van der Waals surface area contributed by atoms with Gasteiger partial charge in [0.15, 0.2) is 5.69 Å². The second-order valence-corrected chi connectivity index (χ2v) is 4.95. The highest BCUT2D eigenvalue weighted by atomic mass is 35.5. The number of aromatic nitrogens is 4. The SMILES string of the molecule is CCn1cc(Cl)c(C(=O)N[C@@H](COC)c2ccnn2C)n1. The lowest BCUT2D eigenvalue weighted by atomic mass is 10.2. The van der Waals surface area contributed by atoms with Crippen LogP contribution in [0.5, 0.6) is 0 Å². The molecule has 1 amide bonds. The zero-order chi connectivity index (χ0) is 15.4. The molecule has 114 valence electrons. The van der Waals surface area contributed by atoms with Gasteiger partial charge in [-0.05, 0) is 13.0 Å². The number of hydrogen-bond donors (Lipinski definition) is 1. The molecule has 0 fully saturated rings. The monoisotopic (exact) mass is 311 g/mol. The van der Waals surface area contributed by atoms with E-state index in [1.165, 1.54) is 0 Å². The fourth-order valence-electron chi connectivity index (χ4n) is 2.03. The summed E-state index contributed by atoms with van der Waals surface area (Å²) in [5.41, 5.74) is 1.05. The zero-order valence-corrected chi connectivity index (χ0v) is 13.0. The molecule has 8 heteroatoms. The van der Waals surface area contributed by atoms with Gasteiger partial charge in [0.05, 0.1) is 23.4 Å². The molecule has 0 bridgehead atoms. The standard InChI is InChI=1S/C13H18ClN5O2/c1-4-19-7-9(14)12(17-19)13(20)16-10(8-21-3)11-5-6-15-18(11)2/h5-7,10H,4,8H2,1-3H3,(H,16,20)/t10-/m0/s1. The van der Waals surface area contributed by atoms with Crippen molar-refractivity contribution in [3.63, 3.8) is 0 Å². The maximum absolute atomic E-state index is 12.3. The number of carbonyl (C=O) groups excluding carboxylic acids is 1. The number of hydrogen-bond acceptors (Lipinski definition) is 4. The Morgan fingerprint density at radius 3 is 2.86 bits per heavy atom. The molecular weight excluding hydrogens is 294 g/mol. The Morgan fingerprint density at radius 1 is 1.57 bits per heavy atom. The van der Waals surface area contributed by atoms with E-state index in [2.05, 4.69) is 15.5 Å². The van der Waals surface area contributed by atoms with Crippen LogP contribution in [-0.4, -0.2) is 39.2 Å². The molecule has 0 saturated heterocycles. The van der Waals surface area contributed by atoms with Crippen LogP contribution in [0.1, 0.15) is 29.1 Å². The lowest BCUT2D eigenvalue weighted by Crippen LogP contribution is -2.33. The van der Waals surface area contributed by atoms with E-state index in [1.54, 1.807) is 28.9 Å². The number of aryl methyl sites for hydroxylation is 2. The summed E-state index contributed by atoms with van der Waals surface area (Å²) in [5.74, 6) is -0.338. The molecule has 0 aliphatic carbocycles. The molecular formula is C13H18ClN5O2. The first-order valence-corrected chi connectivity index (χ1v) is 6.95. The molecule has 0 aliphatic rings. The first-order chi connectivity index (χ1) is 10.1. The van der Waals surface area contributed by atoms with Crippen LogP contribution in [0.2, 0.25) is 5.02 Å². The zero-order valence-electron chi connectivity index (χ0n) is 12.2. The maximum atomic E-state index is 12.3. The van der Waals surface area contributed by atoms with E-state index in [0.29, 0.717) is 18.2 Å². The predicted octanol–water partition coefficient (Wildman–Crippen LogP) is 1.41. The average Bonchev–Trinajstić information content (AvgIpc) is 3.04. The third-order valence-corrected chi connectivity index (χ3v) is 3.39. The van der Waals surface area contributed by atoms with Crippen molar-refractivity contribution in [3.8, 4) is 0 Å². The normalized spacial score (nSPS) is 12.4. The summed E-state index contributed by atoms with van der Waals surface area (Å²) >= 11 is 6.04. The quantitative estimate of drug-likeness (QED) is 0.875. The van der Waals surface area contributed by atoms with Crippen molar-refractivity contribution in [2.24, 2.45) is 7.05 Å². The van der Waals surface area contributed by atoms with Crippen LogP contribution in [0.25, 0.3) is 0 Å². The number of halogens is 1. The summed E-state index contributed by atoms with van der Waals surface area (Å²) < 4.78 is 8.47. The number of carbonyl (C=O) groups is 1. The fourth-order valence-corrected chi connectivity index (χ4v) is 2.27. The van der Waals surface area contributed by atoms with Crippen LogP contribution in [0, 0.1) is 0 Å². The van der Waals surface area contributed by atoms with E-state index < -0.39 is 0 Å². The molecule has 7 nitrogen and oxygen atoms in total. The lowest BCUT2D eigenvalue weighted by Gasteiger charge is -2.17. The Bertz CT molecular complexity index is 622. The smallest absolute Gasteiger partial charge is 0.273 e. The summed E-state index contributed by atoms with van der Waals surface area (Å²) in [6.45, 7) is 2.90. The molecule has 0 aromatic carbocycles. The number of amides is 1. The summed E-state index contributed by atoms with van der Waals surface area (Å²) in [5, 5.41) is 11.5. The van der Waals surface area contributed by atoms with E-state index in [-0.39, 0.29) is 17.6 Å². The van der Waals surface area contributed by atoms with Gasteiger partial charge in [-0.2, -0.15) is 10.2 Å².